The Morgan fingerprint density at radius 3 is 2.72 bits per heavy atom. The van der Waals surface area contributed by atoms with E-state index in [2.05, 4.69) is 14.7 Å². The minimum absolute atomic E-state index is 0.0495. The fraction of sp³-hybridized carbons (Fsp3) is 0.368. The van der Waals surface area contributed by atoms with E-state index in [0.29, 0.717) is 33.1 Å². The van der Waals surface area contributed by atoms with Crippen LogP contribution in [0, 0.1) is 0 Å². The molecule has 3 heterocycles. The second-order valence-corrected chi connectivity index (χ2v) is 8.30. The summed E-state index contributed by atoms with van der Waals surface area (Å²) in [6, 6.07) is 4.52. The summed E-state index contributed by atoms with van der Waals surface area (Å²) in [5.41, 5.74) is 1.14. The summed E-state index contributed by atoms with van der Waals surface area (Å²) in [6.07, 6.45) is 3.83. The molecule has 0 spiro atoms. The molecule has 154 valence electrons. The van der Waals surface area contributed by atoms with Crippen LogP contribution in [-0.4, -0.2) is 58.3 Å². The number of alkyl halides is 2. The van der Waals surface area contributed by atoms with E-state index in [0.717, 1.165) is 25.2 Å². The number of thiophene rings is 1. The largest absolute Gasteiger partial charge is 0.435 e. The number of halogens is 3. The van der Waals surface area contributed by atoms with Gasteiger partial charge >= 0.3 is 6.61 Å². The molecule has 0 N–H and O–H groups in total. The molecule has 10 heteroatoms. The van der Waals surface area contributed by atoms with Crippen molar-refractivity contribution in [1.29, 1.82) is 0 Å². The van der Waals surface area contributed by atoms with Crippen molar-refractivity contribution in [2.24, 2.45) is 7.05 Å². The van der Waals surface area contributed by atoms with E-state index in [4.69, 9.17) is 11.6 Å². The summed E-state index contributed by atoms with van der Waals surface area (Å²) in [5.74, 6) is -0.0815. The van der Waals surface area contributed by atoms with Gasteiger partial charge in [-0.15, -0.1) is 11.3 Å². The summed E-state index contributed by atoms with van der Waals surface area (Å²) >= 11 is 7.62. The number of carbonyl (C=O) groups excluding carboxylic acids is 1. The van der Waals surface area contributed by atoms with E-state index in [9.17, 15) is 13.6 Å². The highest BCUT2D eigenvalue weighted by molar-refractivity contribution is 7.21. The highest BCUT2D eigenvalue weighted by Crippen LogP contribution is 2.38. The van der Waals surface area contributed by atoms with Crippen molar-refractivity contribution < 1.29 is 18.3 Å². The Morgan fingerprint density at radius 1 is 1.31 bits per heavy atom. The Hall–Kier alpha value is -2.23. The SMILES string of the molecule is Cn1cc(CN2CCN(C(=O)c3sc4cc(OC(F)F)ccc4c3Cl)CC2)cn1. The van der Waals surface area contributed by atoms with Crippen LogP contribution in [-0.2, 0) is 13.6 Å². The molecule has 29 heavy (non-hydrogen) atoms. The number of aryl methyl sites for hydroxylation is 1. The summed E-state index contributed by atoms with van der Waals surface area (Å²) in [5, 5.41) is 5.20. The number of aromatic nitrogens is 2. The minimum atomic E-state index is -2.90. The number of benzene rings is 1. The standard InChI is InChI=1S/C19H19ClF2N4O2S/c1-24-10-12(9-23-24)11-25-4-6-26(7-5-25)18(27)17-16(20)14-3-2-13(28-19(21)22)8-15(14)29-17/h2-3,8-10,19H,4-7,11H2,1H3. The molecule has 2 aromatic heterocycles. The molecule has 0 bridgehead atoms. The number of hydrogen-bond donors (Lipinski definition) is 0. The number of hydrogen-bond acceptors (Lipinski definition) is 5. The third-order valence-electron chi connectivity index (χ3n) is 4.84. The maximum Gasteiger partial charge on any atom is 0.387 e. The second-order valence-electron chi connectivity index (χ2n) is 6.87. The van der Waals surface area contributed by atoms with Crippen LogP contribution in [0.4, 0.5) is 8.78 Å². The number of amides is 1. The monoisotopic (exact) mass is 440 g/mol. The molecular formula is C19H19ClF2N4O2S. The van der Waals surface area contributed by atoms with Crippen molar-refractivity contribution in [3.05, 3.63) is 46.1 Å². The van der Waals surface area contributed by atoms with Gasteiger partial charge in [0, 0.05) is 61.6 Å². The Bertz CT molecular complexity index is 1030. The molecule has 1 saturated heterocycles. The van der Waals surface area contributed by atoms with Crippen LogP contribution >= 0.6 is 22.9 Å². The van der Waals surface area contributed by atoms with Crippen molar-refractivity contribution >= 4 is 38.9 Å². The predicted molar refractivity (Wildman–Crippen MR) is 108 cm³/mol. The van der Waals surface area contributed by atoms with Crippen LogP contribution in [0.1, 0.15) is 15.2 Å². The predicted octanol–water partition coefficient (Wildman–Crippen LogP) is 3.85. The zero-order valence-electron chi connectivity index (χ0n) is 15.6. The van der Waals surface area contributed by atoms with Crippen molar-refractivity contribution in [3.8, 4) is 5.75 Å². The summed E-state index contributed by atoms with van der Waals surface area (Å²) in [4.78, 5) is 17.5. The van der Waals surface area contributed by atoms with Crippen molar-refractivity contribution in [2.45, 2.75) is 13.2 Å². The molecule has 1 fully saturated rings. The number of fused-ring (bicyclic) bond motifs is 1. The van der Waals surface area contributed by atoms with Gasteiger partial charge in [0.05, 0.1) is 11.2 Å². The molecule has 3 aromatic rings. The van der Waals surface area contributed by atoms with E-state index in [1.165, 1.54) is 23.5 Å². The normalized spacial score (nSPS) is 15.4. The van der Waals surface area contributed by atoms with E-state index < -0.39 is 6.61 Å². The average Bonchev–Trinajstić information content (AvgIpc) is 3.24. The van der Waals surface area contributed by atoms with Crippen LogP contribution < -0.4 is 4.74 Å². The van der Waals surface area contributed by atoms with E-state index in [1.54, 1.807) is 15.6 Å². The Morgan fingerprint density at radius 2 is 2.07 bits per heavy atom. The first-order valence-electron chi connectivity index (χ1n) is 9.06. The molecule has 0 aliphatic carbocycles. The van der Waals surface area contributed by atoms with Crippen molar-refractivity contribution in [2.75, 3.05) is 26.2 Å². The van der Waals surface area contributed by atoms with Crippen molar-refractivity contribution in [3.63, 3.8) is 0 Å². The topological polar surface area (TPSA) is 50.6 Å². The zero-order chi connectivity index (χ0) is 20.5. The maximum absolute atomic E-state index is 13.0. The third kappa shape index (κ3) is 4.36. The fourth-order valence-electron chi connectivity index (χ4n) is 3.42. The first kappa shape index (κ1) is 20.1. The van der Waals surface area contributed by atoms with Gasteiger partial charge in [0.2, 0.25) is 0 Å². The minimum Gasteiger partial charge on any atom is -0.435 e. The number of piperazine rings is 1. The molecule has 0 radical (unpaired) electrons. The lowest BCUT2D eigenvalue weighted by atomic mass is 10.2. The molecule has 1 aromatic carbocycles. The Labute approximate surface area is 175 Å². The third-order valence-corrected chi connectivity index (χ3v) is 6.49. The summed E-state index contributed by atoms with van der Waals surface area (Å²) < 4.78 is 31.7. The highest BCUT2D eigenvalue weighted by Gasteiger charge is 2.26. The first-order chi connectivity index (χ1) is 13.9. The van der Waals surface area contributed by atoms with Crippen LogP contribution in [0.2, 0.25) is 5.02 Å². The van der Waals surface area contributed by atoms with Crippen LogP contribution in [0.25, 0.3) is 10.1 Å². The Kier molecular flexibility index (Phi) is 5.71. The number of carbonyl (C=O) groups is 1. The van der Waals surface area contributed by atoms with Gasteiger partial charge in [0.25, 0.3) is 5.91 Å². The van der Waals surface area contributed by atoms with Gasteiger partial charge < -0.3 is 9.64 Å². The van der Waals surface area contributed by atoms with Gasteiger partial charge in [0.1, 0.15) is 10.6 Å². The smallest absolute Gasteiger partial charge is 0.387 e. The second kappa shape index (κ2) is 8.25. The zero-order valence-corrected chi connectivity index (χ0v) is 17.2. The lowest BCUT2D eigenvalue weighted by Gasteiger charge is -2.34. The fourth-order valence-corrected chi connectivity index (χ4v) is 4.93. The Balaban J connectivity index is 1.44. The molecule has 6 nitrogen and oxygen atoms in total. The van der Waals surface area contributed by atoms with Crippen LogP contribution in [0.15, 0.2) is 30.6 Å². The number of nitrogens with zero attached hydrogens (tertiary/aromatic N) is 4. The molecule has 1 amide bonds. The van der Waals surface area contributed by atoms with Crippen LogP contribution in [0.5, 0.6) is 5.75 Å². The quantitative estimate of drug-likeness (QED) is 0.604. The van der Waals surface area contributed by atoms with Gasteiger partial charge in [0.15, 0.2) is 0 Å². The van der Waals surface area contributed by atoms with Crippen molar-refractivity contribution in [1.82, 2.24) is 19.6 Å². The molecule has 0 unspecified atom stereocenters. The number of rotatable bonds is 5. The molecule has 0 atom stereocenters. The van der Waals surface area contributed by atoms with Gasteiger partial charge in [-0.3, -0.25) is 14.4 Å². The van der Waals surface area contributed by atoms with Gasteiger partial charge in [-0.2, -0.15) is 13.9 Å². The van der Waals surface area contributed by atoms with Gasteiger partial charge in [-0.25, -0.2) is 0 Å². The summed E-state index contributed by atoms with van der Waals surface area (Å²) in [6.45, 7) is 0.622. The summed E-state index contributed by atoms with van der Waals surface area (Å²) in [7, 11) is 1.89. The molecule has 1 aliphatic heterocycles. The molecular weight excluding hydrogens is 422 g/mol. The van der Waals surface area contributed by atoms with Gasteiger partial charge in [-0.1, -0.05) is 11.6 Å². The van der Waals surface area contributed by atoms with E-state index in [1.807, 2.05) is 19.4 Å². The first-order valence-corrected chi connectivity index (χ1v) is 10.3. The highest BCUT2D eigenvalue weighted by atomic mass is 35.5. The lowest BCUT2D eigenvalue weighted by Crippen LogP contribution is -2.48. The van der Waals surface area contributed by atoms with Gasteiger partial charge in [-0.05, 0) is 18.2 Å². The van der Waals surface area contributed by atoms with E-state index in [-0.39, 0.29) is 11.7 Å². The molecule has 1 aliphatic rings. The van der Waals surface area contributed by atoms with E-state index >= 15 is 0 Å². The van der Waals surface area contributed by atoms with Crippen LogP contribution in [0.3, 0.4) is 0 Å². The molecule has 0 saturated carbocycles. The molecule has 4 rings (SSSR count). The average molecular weight is 441 g/mol. The number of ether oxygens (including phenoxy) is 1. The lowest BCUT2D eigenvalue weighted by molar-refractivity contribution is -0.0497. The maximum atomic E-state index is 13.0.